The van der Waals surface area contributed by atoms with Crippen LogP contribution in [0.15, 0.2) is 60.8 Å². The quantitative estimate of drug-likeness (QED) is 0.733. The number of amides is 2. The highest BCUT2D eigenvalue weighted by atomic mass is 16.5. The SMILES string of the molecule is Cc1c(NC(=O)N[C@@H]2CCCOc3ccccc32)cnn1-c1ccccc1. The molecular weight excluding hydrogens is 340 g/mol. The van der Waals surface area contributed by atoms with E-state index in [9.17, 15) is 4.79 Å². The zero-order valence-corrected chi connectivity index (χ0v) is 15.2. The molecule has 0 saturated carbocycles. The number of anilines is 1. The van der Waals surface area contributed by atoms with E-state index < -0.39 is 0 Å². The Hall–Kier alpha value is -3.28. The first-order valence-electron chi connectivity index (χ1n) is 9.11. The summed E-state index contributed by atoms with van der Waals surface area (Å²) in [5.41, 5.74) is 3.54. The molecule has 1 aliphatic rings. The van der Waals surface area contributed by atoms with Crippen molar-refractivity contribution in [2.45, 2.75) is 25.8 Å². The molecule has 2 N–H and O–H groups in total. The molecule has 0 fully saturated rings. The van der Waals surface area contributed by atoms with Crippen LogP contribution in [-0.4, -0.2) is 22.4 Å². The van der Waals surface area contributed by atoms with E-state index in [4.69, 9.17) is 4.74 Å². The van der Waals surface area contributed by atoms with Gasteiger partial charge in [0.2, 0.25) is 0 Å². The van der Waals surface area contributed by atoms with Gasteiger partial charge in [0, 0.05) is 5.56 Å². The lowest BCUT2D eigenvalue weighted by molar-refractivity contribution is 0.247. The average molecular weight is 362 g/mol. The molecule has 3 aromatic rings. The summed E-state index contributed by atoms with van der Waals surface area (Å²) in [5.74, 6) is 0.841. The highest BCUT2D eigenvalue weighted by Gasteiger charge is 2.21. The Morgan fingerprint density at radius 1 is 1.15 bits per heavy atom. The molecule has 1 aromatic heterocycles. The molecule has 0 radical (unpaired) electrons. The maximum Gasteiger partial charge on any atom is 0.319 e. The molecule has 1 aliphatic heterocycles. The number of carbonyl (C=O) groups excluding carboxylic acids is 1. The predicted octanol–water partition coefficient (Wildman–Crippen LogP) is 4.22. The highest BCUT2D eigenvalue weighted by Crippen LogP contribution is 2.31. The molecule has 2 heterocycles. The third-order valence-corrected chi connectivity index (χ3v) is 4.75. The van der Waals surface area contributed by atoms with Gasteiger partial charge < -0.3 is 15.4 Å². The van der Waals surface area contributed by atoms with Crippen LogP contribution < -0.4 is 15.4 Å². The maximum atomic E-state index is 12.6. The van der Waals surface area contributed by atoms with Crippen LogP contribution in [-0.2, 0) is 0 Å². The van der Waals surface area contributed by atoms with Gasteiger partial charge >= 0.3 is 6.03 Å². The van der Waals surface area contributed by atoms with E-state index >= 15 is 0 Å². The van der Waals surface area contributed by atoms with E-state index in [1.807, 2.05) is 66.2 Å². The zero-order chi connectivity index (χ0) is 18.6. The van der Waals surface area contributed by atoms with Crippen molar-refractivity contribution in [3.05, 3.63) is 72.1 Å². The van der Waals surface area contributed by atoms with Crippen LogP contribution >= 0.6 is 0 Å². The van der Waals surface area contributed by atoms with Crippen LogP contribution in [0.25, 0.3) is 5.69 Å². The molecule has 2 aromatic carbocycles. The largest absolute Gasteiger partial charge is 0.493 e. The minimum absolute atomic E-state index is 0.0758. The second kappa shape index (κ2) is 7.53. The molecule has 138 valence electrons. The van der Waals surface area contributed by atoms with E-state index in [0.717, 1.165) is 35.5 Å². The molecule has 0 bridgehead atoms. The van der Waals surface area contributed by atoms with Crippen molar-refractivity contribution in [1.82, 2.24) is 15.1 Å². The average Bonchev–Trinajstić information content (AvgIpc) is 2.93. The lowest BCUT2D eigenvalue weighted by Crippen LogP contribution is -2.32. The third-order valence-electron chi connectivity index (χ3n) is 4.75. The van der Waals surface area contributed by atoms with Crippen LogP contribution in [0.3, 0.4) is 0 Å². The molecule has 6 nitrogen and oxygen atoms in total. The van der Waals surface area contributed by atoms with Gasteiger partial charge in [0.15, 0.2) is 0 Å². The number of benzene rings is 2. The molecule has 0 saturated heterocycles. The fourth-order valence-electron chi connectivity index (χ4n) is 3.35. The van der Waals surface area contributed by atoms with Gasteiger partial charge in [-0.1, -0.05) is 36.4 Å². The maximum absolute atomic E-state index is 12.6. The summed E-state index contributed by atoms with van der Waals surface area (Å²) < 4.78 is 7.57. The summed E-state index contributed by atoms with van der Waals surface area (Å²) in [4.78, 5) is 12.6. The fourth-order valence-corrected chi connectivity index (χ4v) is 3.35. The number of rotatable bonds is 3. The Morgan fingerprint density at radius 2 is 1.93 bits per heavy atom. The van der Waals surface area contributed by atoms with Gasteiger partial charge in [0.25, 0.3) is 0 Å². The number of urea groups is 1. The smallest absolute Gasteiger partial charge is 0.319 e. The van der Waals surface area contributed by atoms with Gasteiger partial charge in [-0.05, 0) is 38.0 Å². The molecule has 1 atom stereocenters. The van der Waals surface area contributed by atoms with Crippen molar-refractivity contribution in [3.8, 4) is 11.4 Å². The minimum atomic E-state index is -0.243. The number of nitrogens with zero attached hydrogens (tertiary/aromatic N) is 2. The van der Waals surface area contributed by atoms with Crippen LogP contribution in [0.1, 0.15) is 30.1 Å². The summed E-state index contributed by atoms with van der Waals surface area (Å²) in [5, 5.41) is 10.4. The first-order valence-corrected chi connectivity index (χ1v) is 9.11. The summed E-state index contributed by atoms with van der Waals surface area (Å²) in [6.45, 7) is 2.60. The van der Waals surface area contributed by atoms with Gasteiger partial charge in [0.1, 0.15) is 5.75 Å². The zero-order valence-electron chi connectivity index (χ0n) is 15.2. The molecule has 4 rings (SSSR count). The van der Waals surface area contributed by atoms with E-state index in [1.165, 1.54) is 0 Å². The Labute approximate surface area is 158 Å². The molecule has 0 aliphatic carbocycles. The summed E-state index contributed by atoms with van der Waals surface area (Å²) >= 11 is 0. The highest BCUT2D eigenvalue weighted by molar-refractivity contribution is 5.90. The lowest BCUT2D eigenvalue weighted by atomic mass is 10.0. The number of ether oxygens (including phenoxy) is 1. The third kappa shape index (κ3) is 3.65. The number of fused-ring (bicyclic) bond motifs is 1. The first kappa shape index (κ1) is 17.1. The normalized spacial score (nSPS) is 16.0. The number of hydrogen-bond donors (Lipinski definition) is 2. The minimum Gasteiger partial charge on any atom is -0.493 e. The molecular formula is C21H22N4O2. The second-order valence-corrected chi connectivity index (χ2v) is 6.57. The molecule has 6 heteroatoms. The number of para-hydroxylation sites is 2. The molecule has 0 spiro atoms. The summed E-state index contributed by atoms with van der Waals surface area (Å²) in [6, 6.07) is 17.4. The van der Waals surface area contributed by atoms with E-state index in [1.54, 1.807) is 6.20 Å². The van der Waals surface area contributed by atoms with Crippen molar-refractivity contribution in [3.63, 3.8) is 0 Å². The second-order valence-electron chi connectivity index (χ2n) is 6.57. The van der Waals surface area contributed by atoms with Gasteiger partial charge in [-0.2, -0.15) is 5.10 Å². The van der Waals surface area contributed by atoms with Crippen molar-refractivity contribution in [2.75, 3.05) is 11.9 Å². The molecule has 2 amide bonds. The topological polar surface area (TPSA) is 68.2 Å². The predicted molar refractivity (Wildman–Crippen MR) is 104 cm³/mol. The Kier molecular flexibility index (Phi) is 4.78. The van der Waals surface area contributed by atoms with Gasteiger partial charge in [0.05, 0.1) is 35.9 Å². The monoisotopic (exact) mass is 362 g/mol. The Bertz CT molecular complexity index is 936. The van der Waals surface area contributed by atoms with Crippen LogP contribution in [0, 0.1) is 6.92 Å². The number of aromatic nitrogens is 2. The van der Waals surface area contributed by atoms with E-state index in [0.29, 0.717) is 12.3 Å². The molecule has 0 unspecified atom stereocenters. The van der Waals surface area contributed by atoms with Crippen LogP contribution in [0.5, 0.6) is 5.75 Å². The van der Waals surface area contributed by atoms with Crippen molar-refractivity contribution in [2.24, 2.45) is 0 Å². The lowest BCUT2D eigenvalue weighted by Gasteiger charge is -2.18. The Morgan fingerprint density at radius 3 is 2.78 bits per heavy atom. The van der Waals surface area contributed by atoms with Gasteiger partial charge in [-0.25, -0.2) is 9.48 Å². The van der Waals surface area contributed by atoms with Crippen molar-refractivity contribution in [1.29, 1.82) is 0 Å². The van der Waals surface area contributed by atoms with Crippen molar-refractivity contribution >= 4 is 11.7 Å². The summed E-state index contributed by atoms with van der Waals surface area (Å²) in [6.07, 6.45) is 3.41. The number of carbonyl (C=O) groups is 1. The first-order chi connectivity index (χ1) is 13.2. The van der Waals surface area contributed by atoms with Crippen LogP contribution in [0.4, 0.5) is 10.5 Å². The van der Waals surface area contributed by atoms with Crippen LogP contribution in [0.2, 0.25) is 0 Å². The van der Waals surface area contributed by atoms with Gasteiger partial charge in [-0.3, -0.25) is 0 Å². The summed E-state index contributed by atoms with van der Waals surface area (Å²) in [7, 11) is 0. The van der Waals surface area contributed by atoms with Crippen molar-refractivity contribution < 1.29 is 9.53 Å². The standard InChI is InChI=1S/C21H22N4O2/c1-15-19(14-22-25(15)16-8-3-2-4-9-16)24-21(26)23-18-11-7-13-27-20-12-6-5-10-17(18)20/h2-6,8-10,12,14,18H,7,11,13H2,1H3,(H2,23,24,26)/t18-/m1/s1. The van der Waals surface area contributed by atoms with E-state index in [2.05, 4.69) is 15.7 Å². The number of nitrogens with one attached hydrogen (secondary N) is 2. The Balaban J connectivity index is 1.48. The molecule has 27 heavy (non-hydrogen) atoms. The van der Waals surface area contributed by atoms with Gasteiger partial charge in [-0.15, -0.1) is 0 Å². The fraction of sp³-hybridized carbons (Fsp3) is 0.238. The van der Waals surface area contributed by atoms with E-state index in [-0.39, 0.29) is 12.1 Å². The number of hydrogen-bond acceptors (Lipinski definition) is 3.